The van der Waals surface area contributed by atoms with Crippen molar-refractivity contribution in [2.45, 2.75) is 19.9 Å². The molecular formula is C11H15N5OS. The monoisotopic (exact) mass is 265 g/mol. The van der Waals surface area contributed by atoms with Crippen LogP contribution in [0.1, 0.15) is 17.0 Å². The third-order valence-electron chi connectivity index (χ3n) is 2.72. The zero-order valence-electron chi connectivity index (χ0n) is 10.3. The molecule has 0 unspecified atom stereocenters. The minimum Gasteiger partial charge on any atom is -0.375 e. The summed E-state index contributed by atoms with van der Waals surface area (Å²) in [6.07, 6.45) is 2.02. The van der Waals surface area contributed by atoms with Crippen LogP contribution in [0.2, 0.25) is 0 Å². The van der Waals surface area contributed by atoms with Crippen LogP contribution in [0.25, 0.3) is 0 Å². The molecule has 0 atom stereocenters. The molecule has 0 aromatic carbocycles. The molecule has 2 aromatic rings. The van der Waals surface area contributed by atoms with E-state index in [1.54, 1.807) is 16.3 Å². The summed E-state index contributed by atoms with van der Waals surface area (Å²) in [5.41, 5.74) is 8.28. The van der Waals surface area contributed by atoms with Crippen molar-refractivity contribution in [3.05, 3.63) is 28.5 Å². The van der Waals surface area contributed by atoms with E-state index < -0.39 is 0 Å². The number of aryl methyl sites for hydroxylation is 1. The molecule has 6 nitrogen and oxygen atoms in total. The molecular weight excluding hydrogens is 250 g/mol. The maximum Gasteiger partial charge on any atom is 0.226 e. The molecule has 0 aliphatic rings. The Kier molecular flexibility index (Phi) is 3.61. The predicted octanol–water partition coefficient (Wildman–Crippen LogP) is 0.626. The van der Waals surface area contributed by atoms with Crippen LogP contribution in [0.15, 0.2) is 11.6 Å². The molecule has 2 rings (SSSR count). The van der Waals surface area contributed by atoms with Crippen molar-refractivity contribution in [2.75, 3.05) is 5.73 Å². The van der Waals surface area contributed by atoms with Crippen LogP contribution in [-0.2, 0) is 24.8 Å². The maximum atomic E-state index is 11.7. The number of anilines is 1. The van der Waals surface area contributed by atoms with Crippen LogP contribution < -0.4 is 11.1 Å². The Hall–Kier alpha value is -1.89. The van der Waals surface area contributed by atoms with E-state index in [0.29, 0.717) is 17.4 Å². The molecule has 1 amide bonds. The fourth-order valence-electron chi connectivity index (χ4n) is 1.54. The van der Waals surface area contributed by atoms with Gasteiger partial charge in [-0.1, -0.05) is 0 Å². The summed E-state index contributed by atoms with van der Waals surface area (Å²) in [5.74, 6) is -0.0662. The first-order chi connectivity index (χ1) is 8.56. The van der Waals surface area contributed by atoms with Gasteiger partial charge in [0.15, 0.2) is 5.13 Å². The Balaban J connectivity index is 1.87. The largest absolute Gasteiger partial charge is 0.375 e. The summed E-state index contributed by atoms with van der Waals surface area (Å²) in [7, 11) is 1.87. The highest BCUT2D eigenvalue weighted by molar-refractivity contribution is 7.13. The zero-order valence-corrected chi connectivity index (χ0v) is 11.1. The van der Waals surface area contributed by atoms with Gasteiger partial charge in [0.25, 0.3) is 0 Å². The number of nitrogens with two attached hydrogens (primary N) is 1. The number of rotatable bonds is 4. The molecule has 0 radical (unpaired) electrons. The Morgan fingerprint density at radius 1 is 1.61 bits per heavy atom. The molecule has 2 aromatic heterocycles. The average Bonchev–Trinajstić information content (AvgIpc) is 2.86. The van der Waals surface area contributed by atoms with Gasteiger partial charge in [0.1, 0.15) is 0 Å². The zero-order chi connectivity index (χ0) is 13.1. The van der Waals surface area contributed by atoms with Crippen molar-refractivity contribution in [2.24, 2.45) is 7.05 Å². The lowest BCUT2D eigenvalue weighted by molar-refractivity contribution is -0.120. The molecule has 7 heteroatoms. The highest BCUT2D eigenvalue weighted by Gasteiger charge is 2.08. The third-order valence-corrected chi connectivity index (χ3v) is 3.45. The number of thiazole rings is 1. The average molecular weight is 265 g/mol. The summed E-state index contributed by atoms with van der Waals surface area (Å²) in [5, 5.41) is 9.24. The van der Waals surface area contributed by atoms with Gasteiger partial charge < -0.3 is 11.1 Å². The molecule has 0 aliphatic heterocycles. The summed E-state index contributed by atoms with van der Waals surface area (Å²) >= 11 is 1.34. The number of carbonyl (C=O) groups excluding carboxylic acids is 1. The van der Waals surface area contributed by atoms with E-state index in [9.17, 15) is 4.79 Å². The standard InChI is InChI=1S/C11H15N5OS/c1-7-8(5-14-16(7)2)4-13-10(17)3-9-6-18-11(12)15-9/h5-6H,3-4H2,1-2H3,(H2,12,15)(H,13,17). The Bertz CT molecular complexity index is 560. The smallest absolute Gasteiger partial charge is 0.226 e. The van der Waals surface area contributed by atoms with Crippen LogP contribution in [-0.4, -0.2) is 20.7 Å². The van der Waals surface area contributed by atoms with Gasteiger partial charge in [-0.05, 0) is 6.92 Å². The van der Waals surface area contributed by atoms with E-state index in [1.807, 2.05) is 14.0 Å². The number of nitrogens with zero attached hydrogens (tertiary/aromatic N) is 3. The number of aromatic nitrogens is 3. The van der Waals surface area contributed by atoms with Gasteiger partial charge in [0.05, 0.1) is 18.3 Å². The summed E-state index contributed by atoms with van der Waals surface area (Å²) in [6.45, 7) is 2.45. The number of nitrogens with one attached hydrogen (secondary N) is 1. The lowest BCUT2D eigenvalue weighted by Gasteiger charge is -2.03. The van der Waals surface area contributed by atoms with E-state index in [1.165, 1.54) is 11.3 Å². The quantitative estimate of drug-likeness (QED) is 0.849. The first-order valence-corrected chi connectivity index (χ1v) is 6.38. The number of hydrogen-bond acceptors (Lipinski definition) is 5. The first-order valence-electron chi connectivity index (χ1n) is 5.50. The Morgan fingerprint density at radius 2 is 2.39 bits per heavy atom. The van der Waals surface area contributed by atoms with Gasteiger partial charge in [0, 0.05) is 30.2 Å². The normalized spacial score (nSPS) is 10.6. The van der Waals surface area contributed by atoms with Crippen LogP contribution in [0.3, 0.4) is 0 Å². The summed E-state index contributed by atoms with van der Waals surface area (Å²) in [6, 6.07) is 0. The molecule has 0 fully saturated rings. The molecule has 3 N–H and O–H groups in total. The van der Waals surface area contributed by atoms with E-state index in [0.717, 1.165) is 11.3 Å². The predicted molar refractivity (Wildman–Crippen MR) is 70.0 cm³/mol. The molecule has 18 heavy (non-hydrogen) atoms. The topological polar surface area (TPSA) is 85.8 Å². The molecule has 2 heterocycles. The van der Waals surface area contributed by atoms with Gasteiger partial charge in [-0.3, -0.25) is 9.48 Å². The minimum atomic E-state index is -0.0662. The van der Waals surface area contributed by atoms with Crippen molar-refractivity contribution >= 4 is 22.4 Å². The van der Waals surface area contributed by atoms with E-state index in [-0.39, 0.29) is 12.3 Å². The van der Waals surface area contributed by atoms with Crippen LogP contribution in [0.4, 0.5) is 5.13 Å². The molecule has 0 saturated carbocycles. The fraction of sp³-hybridized carbons (Fsp3) is 0.364. The van der Waals surface area contributed by atoms with Gasteiger partial charge in [-0.25, -0.2) is 4.98 Å². The van der Waals surface area contributed by atoms with Gasteiger partial charge >= 0.3 is 0 Å². The summed E-state index contributed by atoms with van der Waals surface area (Å²) in [4.78, 5) is 15.7. The second kappa shape index (κ2) is 5.18. The second-order valence-corrected chi connectivity index (χ2v) is 4.90. The Morgan fingerprint density at radius 3 is 2.94 bits per heavy atom. The van der Waals surface area contributed by atoms with Crippen molar-refractivity contribution in [3.63, 3.8) is 0 Å². The number of amides is 1. The lowest BCUT2D eigenvalue weighted by atomic mass is 10.2. The van der Waals surface area contributed by atoms with Gasteiger partial charge in [-0.2, -0.15) is 5.10 Å². The number of nitrogen functional groups attached to an aromatic ring is 1. The van der Waals surface area contributed by atoms with Crippen LogP contribution >= 0.6 is 11.3 Å². The van der Waals surface area contributed by atoms with Crippen molar-refractivity contribution in [1.29, 1.82) is 0 Å². The van der Waals surface area contributed by atoms with Gasteiger partial charge in [0.2, 0.25) is 5.91 Å². The highest BCUT2D eigenvalue weighted by Crippen LogP contribution is 2.11. The molecule has 0 saturated heterocycles. The van der Waals surface area contributed by atoms with Crippen molar-refractivity contribution < 1.29 is 4.79 Å². The van der Waals surface area contributed by atoms with E-state index >= 15 is 0 Å². The first kappa shape index (κ1) is 12.6. The van der Waals surface area contributed by atoms with E-state index in [2.05, 4.69) is 15.4 Å². The van der Waals surface area contributed by atoms with Crippen LogP contribution in [0, 0.1) is 6.92 Å². The lowest BCUT2D eigenvalue weighted by Crippen LogP contribution is -2.24. The SMILES string of the molecule is Cc1c(CNC(=O)Cc2csc(N)n2)cnn1C. The molecule has 0 spiro atoms. The van der Waals surface area contributed by atoms with Crippen molar-refractivity contribution in [3.8, 4) is 0 Å². The number of hydrogen-bond donors (Lipinski definition) is 2. The molecule has 0 aliphatic carbocycles. The minimum absolute atomic E-state index is 0.0662. The highest BCUT2D eigenvalue weighted by atomic mass is 32.1. The number of carbonyl (C=O) groups is 1. The van der Waals surface area contributed by atoms with Crippen LogP contribution in [0.5, 0.6) is 0 Å². The second-order valence-electron chi connectivity index (χ2n) is 4.01. The third kappa shape index (κ3) is 2.86. The van der Waals surface area contributed by atoms with E-state index in [4.69, 9.17) is 5.73 Å². The van der Waals surface area contributed by atoms with Gasteiger partial charge in [-0.15, -0.1) is 11.3 Å². The Labute approximate surface area is 109 Å². The molecule has 0 bridgehead atoms. The maximum absolute atomic E-state index is 11.7. The fourth-order valence-corrected chi connectivity index (χ4v) is 2.11. The molecule has 96 valence electrons. The van der Waals surface area contributed by atoms with Crippen molar-refractivity contribution in [1.82, 2.24) is 20.1 Å². The summed E-state index contributed by atoms with van der Waals surface area (Å²) < 4.78 is 1.78.